The molecule has 116 valence electrons. The van der Waals surface area contributed by atoms with Crippen molar-refractivity contribution in [3.05, 3.63) is 23.8 Å². The van der Waals surface area contributed by atoms with Gasteiger partial charge in [-0.1, -0.05) is 13.0 Å². The molecule has 0 bridgehead atoms. The van der Waals surface area contributed by atoms with Gasteiger partial charge in [-0.05, 0) is 31.7 Å². The first-order chi connectivity index (χ1) is 9.83. The topological polar surface area (TPSA) is 78.9 Å². The third-order valence-corrected chi connectivity index (χ3v) is 3.05. The predicted octanol–water partition coefficient (Wildman–Crippen LogP) is 1.59. The van der Waals surface area contributed by atoms with Crippen LogP contribution in [0.2, 0.25) is 0 Å². The van der Waals surface area contributed by atoms with Crippen molar-refractivity contribution in [2.75, 3.05) is 32.6 Å². The monoisotopic (exact) mass is 294 g/mol. The lowest BCUT2D eigenvalue weighted by Crippen LogP contribution is -2.35. The van der Waals surface area contributed by atoms with Crippen LogP contribution in [0.15, 0.2) is 18.2 Å². The number of anilines is 1. The molecule has 0 radical (unpaired) electrons. The van der Waals surface area contributed by atoms with E-state index in [0.717, 1.165) is 5.56 Å². The second-order valence-electron chi connectivity index (χ2n) is 5.19. The van der Waals surface area contributed by atoms with Crippen LogP contribution in [-0.2, 0) is 9.59 Å². The molecule has 0 saturated heterocycles. The number of methoxy groups -OCH3 is 1. The van der Waals surface area contributed by atoms with Crippen molar-refractivity contribution >= 4 is 17.6 Å². The van der Waals surface area contributed by atoms with Gasteiger partial charge in [-0.3, -0.25) is 14.5 Å². The number of nitrogens with one attached hydrogen (secondary N) is 1. The number of carbonyl (C=O) groups excluding carboxylic acids is 1. The van der Waals surface area contributed by atoms with Gasteiger partial charge in [0.1, 0.15) is 5.75 Å². The molecule has 0 fully saturated rings. The molecular weight excluding hydrogens is 272 g/mol. The first kappa shape index (κ1) is 17.0. The van der Waals surface area contributed by atoms with E-state index in [4.69, 9.17) is 9.84 Å². The molecule has 1 amide bonds. The van der Waals surface area contributed by atoms with Crippen LogP contribution >= 0.6 is 0 Å². The fraction of sp³-hybridized carbons (Fsp3) is 0.467. The number of amides is 1. The number of rotatable bonds is 7. The van der Waals surface area contributed by atoms with Crippen molar-refractivity contribution in [2.24, 2.45) is 5.92 Å². The van der Waals surface area contributed by atoms with Gasteiger partial charge in [-0.15, -0.1) is 0 Å². The third kappa shape index (κ3) is 5.43. The molecule has 0 spiro atoms. The van der Waals surface area contributed by atoms with Crippen molar-refractivity contribution in [3.63, 3.8) is 0 Å². The van der Waals surface area contributed by atoms with E-state index in [0.29, 0.717) is 18.0 Å². The Hall–Kier alpha value is -2.08. The molecule has 6 nitrogen and oxygen atoms in total. The minimum Gasteiger partial charge on any atom is -0.495 e. The summed E-state index contributed by atoms with van der Waals surface area (Å²) in [5.41, 5.74) is 1.63. The largest absolute Gasteiger partial charge is 0.495 e. The lowest BCUT2D eigenvalue weighted by molar-refractivity contribution is -0.141. The summed E-state index contributed by atoms with van der Waals surface area (Å²) in [7, 11) is 3.26. The van der Waals surface area contributed by atoms with Gasteiger partial charge in [0.05, 0.1) is 25.3 Å². The Balaban J connectivity index is 2.61. The fourth-order valence-corrected chi connectivity index (χ4v) is 1.96. The smallest absolute Gasteiger partial charge is 0.307 e. The van der Waals surface area contributed by atoms with Crippen LogP contribution in [-0.4, -0.2) is 49.1 Å². The van der Waals surface area contributed by atoms with Gasteiger partial charge >= 0.3 is 5.97 Å². The summed E-state index contributed by atoms with van der Waals surface area (Å²) in [5, 5.41) is 11.6. The number of carboxylic acids is 1. The second-order valence-corrected chi connectivity index (χ2v) is 5.19. The Morgan fingerprint density at radius 2 is 2.10 bits per heavy atom. The summed E-state index contributed by atoms with van der Waals surface area (Å²) in [6.45, 7) is 3.97. The molecule has 0 saturated carbocycles. The maximum absolute atomic E-state index is 12.0. The van der Waals surface area contributed by atoms with E-state index in [1.807, 2.05) is 19.1 Å². The van der Waals surface area contributed by atoms with Crippen LogP contribution in [0.1, 0.15) is 12.5 Å². The molecule has 1 atom stereocenters. The zero-order valence-corrected chi connectivity index (χ0v) is 12.8. The van der Waals surface area contributed by atoms with Crippen molar-refractivity contribution in [1.29, 1.82) is 0 Å². The molecule has 0 heterocycles. The second kappa shape index (κ2) is 7.64. The Labute approximate surface area is 124 Å². The number of ether oxygens (including phenoxy) is 1. The van der Waals surface area contributed by atoms with Crippen LogP contribution in [0.5, 0.6) is 5.75 Å². The zero-order valence-electron chi connectivity index (χ0n) is 12.8. The molecule has 0 aliphatic heterocycles. The van der Waals surface area contributed by atoms with E-state index in [9.17, 15) is 9.59 Å². The van der Waals surface area contributed by atoms with E-state index < -0.39 is 11.9 Å². The number of aliphatic carboxylic acids is 1. The van der Waals surface area contributed by atoms with E-state index in [1.54, 1.807) is 32.0 Å². The molecular formula is C15H22N2O4. The average molecular weight is 294 g/mol. The Bertz CT molecular complexity index is 516. The number of benzene rings is 1. The number of aryl methyl sites for hydroxylation is 1. The van der Waals surface area contributed by atoms with Crippen molar-refractivity contribution < 1.29 is 19.4 Å². The van der Waals surface area contributed by atoms with Gasteiger partial charge in [0.25, 0.3) is 0 Å². The van der Waals surface area contributed by atoms with E-state index in [2.05, 4.69) is 5.32 Å². The van der Waals surface area contributed by atoms with Crippen LogP contribution in [0.25, 0.3) is 0 Å². The van der Waals surface area contributed by atoms with Crippen LogP contribution < -0.4 is 10.1 Å². The van der Waals surface area contributed by atoms with Crippen LogP contribution in [0.3, 0.4) is 0 Å². The summed E-state index contributed by atoms with van der Waals surface area (Å²) in [6.07, 6.45) is 0. The van der Waals surface area contributed by atoms with Crippen molar-refractivity contribution in [2.45, 2.75) is 13.8 Å². The standard InChI is InChI=1S/C15H22N2O4/c1-10-5-6-13(21-4)12(7-10)16-14(18)9-17(3)8-11(2)15(19)20/h5-7,11H,8-9H2,1-4H3,(H,16,18)(H,19,20). The maximum atomic E-state index is 12.0. The molecule has 1 rings (SSSR count). The molecule has 0 aromatic heterocycles. The summed E-state index contributed by atoms with van der Waals surface area (Å²) < 4.78 is 5.20. The quantitative estimate of drug-likeness (QED) is 0.798. The van der Waals surface area contributed by atoms with Gasteiger partial charge < -0.3 is 15.2 Å². The third-order valence-electron chi connectivity index (χ3n) is 3.05. The fourth-order valence-electron chi connectivity index (χ4n) is 1.96. The SMILES string of the molecule is COc1ccc(C)cc1NC(=O)CN(C)CC(C)C(=O)O. The molecule has 1 aromatic carbocycles. The molecule has 1 unspecified atom stereocenters. The van der Waals surface area contributed by atoms with Crippen LogP contribution in [0, 0.1) is 12.8 Å². The highest BCUT2D eigenvalue weighted by atomic mass is 16.5. The predicted molar refractivity (Wildman–Crippen MR) is 80.7 cm³/mol. The van der Waals surface area contributed by atoms with E-state index in [1.165, 1.54) is 0 Å². The highest BCUT2D eigenvalue weighted by Crippen LogP contribution is 2.25. The van der Waals surface area contributed by atoms with Crippen molar-refractivity contribution in [3.8, 4) is 5.75 Å². The normalized spacial score (nSPS) is 12.0. The minimum atomic E-state index is -0.873. The maximum Gasteiger partial charge on any atom is 0.307 e. The number of carboxylic acid groups (broad SMARTS) is 1. The first-order valence-electron chi connectivity index (χ1n) is 6.69. The summed E-state index contributed by atoms with van der Waals surface area (Å²) in [5.74, 6) is -1.01. The Morgan fingerprint density at radius 1 is 1.43 bits per heavy atom. The molecule has 1 aromatic rings. The summed E-state index contributed by atoms with van der Waals surface area (Å²) in [6, 6.07) is 5.52. The number of nitrogens with zero attached hydrogens (tertiary/aromatic N) is 1. The lowest BCUT2D eigenvalue weighted by atomic mass is 10.2. The van der Waals surface area contributed by atoms with Crippen LogP contribution in [0.4, 0.5) is 5.69 Å². The molecule has 0 aliphatic rings. The van der Waals surface area contributed by atoms with Gasteiger partial charge in [0, 0.05) is 6.54 Å². The molecule has 2 N–H and O–H groups in total. The molecule has 0 aliphatic carbocycles. The number of likely N-dealkylation sites (N-methyl/N-ethyl adjacent to an activating group) is 1. The van der Waals surface area contributed by atoms with Gasteiger partial charge in [0.15, 0.2) is 0 Å². The molecule has 21 heavy (non-hydrogen) atoms. The van der Waals surface area contributed by atoms with Gasteiger partial charge in [-0.2, -0.15) is 0 Å². The number of carbonyl (C=O) groups is 2. The summed E-state index contributed by atoms with van der Waals surface area (Å²) >= 11 is 0. The molecule has 6 heteroatoms. The lowest BCUT2D eigenvalue weighted by Gasteiger charge is -2.19. The van der Waals surface area contributed by atoms with Gasteiger partial charge in [0.2, 0.25) is 5.91 Å². The summed E-state index contributed by atoms with van der Waals surface area (Å²) in [4.78, 5) is 24.5. The minimum absolute atomic E-state index is 0.120. The van der Waals surface area contributed by atoms with Crippen molar-refractivity contribution in [1.82, 2.24) is 4.90 Å². The Kier molecular flexibility index (Phi) is 6.17. The van der Waals surface area contributed by atoms with Gasteiger partial charge in [-0.25, -0.2) is 0 Å². The highest BCUT2D eigenvalue weighted by Gasteiger charge is 2.16. The average Bonchev–Trinajstić information content (AvgIpc) is 2.38. The zero-order chi connectivity index (χ0) is 16.0. The van der Waals surface area contributed by atoms with E-state index in [-0.39, 0.29) is 12.5 Å². The van der Waals surface area contributed by atoms with E-state index >= 15 is 0 Å². The Morgan fingerprint density at radius 3 is 2.67 bits per heavy atom. The number of hydrogen-bond donors (Lipinski definition) is 2. The first-order valence-corrected chi connectivity index (χ1v) is 6.69. The highest BCUT2D eigenvalue weighted by molar-refractivity contribution is 5.93. The number of hydrogen-bond acceptors (Lipinski definition) is 4.